The molecule has 1 heterocycles. The third kappa shape index (κ3) is 4.71. The number of methoxy groups -OCH3 is 1. The lowest BCUT2D eigenvalue weighted by Gasteiger charge is -2.31. The second kappa shape index (κ2) is 7.11. The van der Waals surface area contributed by atoms with Crippen LogP contribution < -0.4 is 4.72 Å². The first-order valence-electron chi connectivity index (χ1n) is 7.28. The van der Waals surface area contributed by atoms with E-state index in [9.17, 15) is 13.2 Å². The third-order valence-electron chi connectivity index (χ3n) is 3.71. The Morgan fingerprint density at radius 2 is 2.05 bits per heavy atom. The summed E-state index contributed by atoms with van der Waals surface area (Å²) in [5.74, 6) is -0.0219. The van der Waals surface area contributed by atoms with Gasteiger partial charge in [0.2, 0.25) is 10.0 Å². The maximum absolute atomic E-state index is 12.2. The number of carbonyl (C=O) groups is 1. The summed E-state index contributed by atoms with van der Waals surface area (Å²) in [6, 6.07) is 7.35. The molecule has 1 saturated heterocycles. The Bertz CT molecular complexity index is 622. The SMILES string of the molecule is COC(=O)N1CCC(NS(=O)(=O)Cc2cccc(C)c2)CC1. The van der Waals surface area contributed by atoms with Crippen molar-refractivity contribution in [1.29, 1.82) is 0 Å². The monoisotopic (exact) mass is 326 g/mol. The van der Waals surface area contributed by atoms with Crippen molar-refractivity contribution >= 4 is 16.1 Å². The lowest BCUT2D eigenvalue weighted by atomic mass is 10.1. The van der Waals surface area contributed by atoms with Crippen molar-refractivity contribution < 1.29 is 17.9 Å². The molecule has 1 aromatic rings. The van der Waals surface area contributed by atoms with Gasteiger partial charge in [-0.2, -0.15) is 0 Å². The second-order valence-electron chi connectivity index (χ2n) is 5.60. The van der Waals surface area contributed by atoms with Crippen molar-refractivity contribution in [2.75, 3.05) is 20.2 Å². The zero-order valence-electron chi connectivity index (χ0n) is 12.9. The smallest absolute Gasteiger partial charge is 0.409 e. The Morgan fingerprint density at radius 3 is 2.64 bits per heavy atom. The highest BCUT2D eigenvalue weighted by Crippen LogP contribution is 2.14. The largest absolute Gasteiger partial charge is 0.453 e. The molecule has 0 aliphatic carbocycles. The minimum absolute atomic E-state index is 0.0219. The predicted octanol–water partition coefficient (Wildman–Crippen LogP) is 1.65. The van der Waals surface area contributed by atoms with Crippen molar-refractivity contribution in [2.24, 2.45) is 0 Å². The quantitative estimate of drug-likeness (QED) is 0.913. The average molecular weight is 326 g/mol. The molecule has 1 N–H and O–H groups in total. The van der Waals surface area contributed by atoms with Crippen molar-refractivity contribution in [3.8, 4) is 0 Å². The third-order valence-corrected chi connectivity index (χ3v) is 5.12. The highest BCUT2D eigenvalue weighted by molar-refractivity contribution is 7.88. The number of hydrogen-bond donors (Lipinski definition) is 1. The van der Waals surface area contributed by atoms with Gasteiger partial charge in [-0.05, 0) is 25.3 Å². The Hall–Kier alpha value is -1.60. The van der Waals surface area contributed by atoms with Crippen molar-refractivity contribution in [3.05, 3.63) is 35.4 Å². The molecule has 1 aromatic carbocycles. The minimum Gasteiger partial charge on any atom is -0.453 e. The molecular formula is C15H22N2O4S. The molecule has 0 bridgehead atoms. The Labute approximate surface area is 131 Å². The van der Waals surface area contributed by atoms with Gasteiger partial charge in [0.1, 0.15) is 0 Å². The standard InChI is InChI=1S/C15H22N2O4S/c1-12-4-3-5-13(10-12)11-22(19,20)16-14-6-8-17(9-7-14)15(18)21-2/h3-5,10,14,16H,6-9,11H2,1-2H3. The van der Waals surface area contributed by atoms with Crippen LogP contribution in [0.2, 0.25) is 0 Å². The summed E-state index contributed by atoms with van der Waals surface area (Å²) < 4.78 is 31.9. The van der Waals surface area contributed by atoms with Crippen LogP contribution in [0.3, 0.4) is 0 Å². The van der Waals surface area contributed by atoms with Crippen LogP contribution in [0.25, 0.3) is 0 Å². The number of nitrogens with zero attached hydrogens (tertiary/aromatic N) is 1. The molecule has 0 unspecified atom stereocenters. The molecule has 1 fully saturated rings. The Morgan fingerprint density at radius 1 is 1.36 bits per heavy atom. The molecule has 22 heavy (non-hydrogen) atoms. The van der Waals surface area contributed by atoms with E-state index in [1.165, 1.54) is 7.11 Å². The molecule has 122 valence electrons. The Kier molecular flexibility index (Phi) is 5.42. The van der Waals surface area contributed by atoms with Crippen molar-refractivity contribution in [1.82, 2.24) is 9.62 Å². The first kappa shape index (κ1) is 16.8. The van der Waals surface area contributed by atoms with Gasteiger partial charge >= 0.3 is 6.09 Å². The van der Waals surface area contributed by atoms with Crippen molar-refractivity contribution in [3.63, 3.8) is 0 Å². The number of ether oxygens (including phenoxy) is 1. The zero-order valence-corrected chi connectivity index (χ0v) is 13.7. The van der Waals surface area contributed by atoms with E-state index >= 15 is 0 Å². The number of piperidine rings is 1. The predicted molar refractivity (Wildman–Crippen MR) is 83.9 cm³/mol. The van der Waals surface area contributed by atoms with Gasteiger partial charge < -0.3 is 9.64 Å². The van der Waals surface area contributed by atoms with Gasteiger partial charge in [0.05, 0.1) is 12.9 Å². The second-order valence-corrected chi connectivity index (χ2v) is 7.35. The lowest BCUT2D eigenvalue weighted by Crippen LogP contribution is -2.46. The normalized spacial score (nSPS) is 16.5. The summed E-state index contributed by atoms with van der Waals surface area (Å²) in [5, 5.41) is 0. The molecule has 0 atom stereocenters. The number of amides is 1. The van der Waals surface area contributed by atoms with Crippen LogP contribution in [0.5, 0.6) is 0 Å². The zero-order chi connectivity index (χ0) is 16.2. The van der Waals surface area contributed by atoms with E-state index in [-0.39, 0.29) is 17.9 Å². The molecule has 0 radical (unpaired) electrons. The fourth-order valence-corrected chi connectivity index (χ4v) is 4.07. The van der Waals surface area contributed by atoms with Gasteiger partial charge in [-0.25, -0.2) is 17.9 Å². The van der Waals surface area contributed by atoms with E-state index in [4.69, 9.17) is 0 Å². The molecular weight excluding hydrogens is 304 g/mol. The van der Waals surface area contributed by atoms with Gasteiger partial charge in [-0.15, -0.1) is 0 Å². The topological polar surface area (TPSA) is 75.7 Å². The van der Waals surface area contributed by atoms with Gasteiger partial charge in [0.15, 0.2) is 0 Å². The van der Waals surface area contributed by atoms with E-state index in [1.54, 1.807) is 4.90 Å². The average Bonchev–Trinajstić information content (AvgIpc) is 2.46. The number of hydrogen-bond acceptors (Lipinski definition) is 4. The summed E-state index contributed by atoms with van der Waals surface area (Å²) in [6.45, 7) is 2.95. The highest BCUT2D eigenvalue weighted by atomic mass is 32.2. The molecule has 2 rings (SSSR count). The summed E-state index contributed by atoms with van der Waals surface area (Å²) in [4.78, 5) is 13.0. The maximum atomic E-state index is 12.2. The highest BCUT2D eigenvalue weighted by Gasteiger charge is 2.26. The lowest BCUT2D eigenvalue weighted by molar-refractivity contribution is 0.111. The molecule has 7 heteroatoms. The number of sulfonamides is 1. The van der Waals surface area contributed by atoms with Gasteiger partial charge in [-0.3, -0.25) is 0 Å². The molecule has 0 aromatic heterocycles. The molecule has 0 spiro atoms. The van der Waals surface area contributed by atoms with E-state index in [0.29, 0.717) is 25.9 Å². The van der Waals surface area contributed by atoms with Crippen LogP contribution in [0, 0.1) is 6.92 Å². The first-order chi connectivity index (χ1) is 10.4. The number of aryl methyl sites for hydroxylation is 1. The minimum atomic E-state index is -3.38. The van der Waals surface area contributed by atoms with Crippen LogP contribution in [0.4, 0.5) is 4.79 Å². The number of nitrogens with one attached hydrogen (secondary N) is 1. The number of likely N-dealkylation sites (tertiary alicyclic amines) is 1. The molecule has 1 aliphatic heterocycles. The summed E-state index contributed by atoms with van der Waals surface area (Å²) >= 11 is 0. The fourth-order valence-electron chi connectivity index (χ4n) is 2.63. The van der Waals surface area contributed by atoms with Crippen LogP contribution in [-0.2, 0) is 20.5 Å². The van der Waals surface area contributed by atoms with E-state index < -0.39 is 10.0 Å². The summed E-state index contributed by atoms with van der Waals surface area (Å²) in [6.07, 6.45) is 0.839. The molecule has 1 amide bonds. The van der Waals surface area contributed by atoms with E-state index in [2.05, 4.69) is 9.46 Å². The molecule has 6 nitrogen and oxygen atoms in total. The summed E-state index contributed by atoms with van der Waals surface area (Å²) in [7, 11) is -2.03. The van der Waals surface area contributed by atoms with E-state index in [0.717, 1.165) is 11.1 Å². The van der Waals surface area contributed by atoms with Crippen LogP contribution in [0.1, 0.15) is 24.0 Å². The van der Waals surface area contributed by atoms with Crippen LogP contribution >= 0.6 is 0 Å². The first-order valence-corrected chi connectivity index (χ1v) is 8.93. The molecule has 0 saturated carbocycles. The Balaban J connectivity index is 1.89. The number of rotatable bonds is 4. The van der Waals surface area contributed by atoms with Gasteiger partial charge in [0.25, 0.3) is 0 Å². The van der Waals surface area contributed by atoms with Crippen molar-refractivity contribution in [2.45, 2.75) is 31.6 Å². The number of benzene rings is 1. The maximum Gasteiger partial charge on any atom is 0.409 e. The summed E-state index contributed by atoms with van der Waals surface area (Å²) in [5.41, 5.74) is 1.82. The van der Waals surface area contributed by atoms with Gasteiger partial charge in [-0.1, -0.05) is 29.8 Å². The van der Waals surface area contributed by atoms with Crippen LogP contribution in [-0.4, -0.2) is 45.7 Å². The number of carbonyl (C=O) groups excluding carboxylic acids is 1. The van der Waals surface area contributed by atoms with Crippen LogP contribution in [0.15, 0.2) is 24.3 Å². The fraction of sp³-hybridized carbons (Fsp3) is 0.533. The van der Waals surface area contributed by atoms with E-state index in [1.807, 2.05) is 31.2 Å². The van der Waals surface area contributed by atoms with Gasteiger partial charge in [0, 0.05) is 19.1 Å². The molecule has 1 aliphatic rings.